The zero-order chi connectivity index (χ0) is 7.11. The molecule has 1 aromatic heterocycles. The van der Waals surface area contributed by atoms with E-state index < -0.39 is 6.09 Å². The van der Waals surface area contributed by atoms with E-state index in [4.69, 9.17) is 9.90 Å². The third-order valence-electron chi connectivity index (χ3n) is 0.425. The molecule has 1 rings (SSSR count). The van der Waals surface area contributed by atoms with E-state index in [0.717, 1.165) is 0 Å². The van der Waals surface area contributed by atoms with Crippen LogP contribution in [0.5, 0.6) is 0 Å². The predicted molar refractivity (Wildman–Crippen MR) is 37.6 cm³/mol. The number of hydrogen-bond acceptors (Lipinski definition) is 2. The molecule has 1 heterocycles. The summed E-state index contributed by atoms with van der Waals surface area (Å²) in [6.07, 6.45) is -1.33. The quantitative estimate of drug-likeness (QED) is 0.464. The zero-order valence-electron chi connectivity index (χ0n) is 6.65. The van der Waals surface area contributed by atoms with Crippen molar-refractivity contribution in [3.8, 4) is 0 Å². The summed E-state index contributed by atoms with van der Waals surface area (Å²) in [5, 5.41) is 11.3. The fraction of sp³-hybridized carbons (Fsp3) is 0. The maximum Gasteiger partial charge on any atom is 1.00 e. The van der Waals surface area contributed by atoms with Crippen LogP contribution in [-0.4, -0.2) is 11.2 Å². The first-order valence-electron chi connectivity index (χ1n) is 2.19. The standard InChI is InChI=1S/C4H4S.CH3NO2.Na.H/c1-2-4-5-3-1;2-1(3)4;;/h1-4H;2H2,(H,3,4);;/q;;+1;-1. The minimum atomic E-state index is -1.33. The molecule has 0 aliphatic rings. The second kappa shape index (κ2) is 8.97. The van der Waals surface area contributed by atoms with E-state index in [2.05, 4.69) is 5.73 Å². The Kier molecular flexibility index (Phi) is 11.3. The van der Waals surface area contributed by atoms with E-state index in [-0.39, 0.29) is 31.0 Å². The topological polar surface area (TPSA) is 63.3 Å². The maximum atomic E-state index is 8.78. The van der Waals surface area contributed by atoms with Crippen molar-refractivity contribution in [2.75, 3.05) is 0 Å². The average molecular weight is 169 g/mol. The van der Waals surface area contributed by atoms with Crippen molar-refractivity contribution < 1.29 is 40.9 Å². The Morgan fingerprint density at radius 2 is 1.80 bits per heavy atom. The molecule has 0 aliphatic heterocycles. The molecule has 0 spiro atoms. The number of nitrogens with two attached hydrogens (primary N) is 1. The van der Waals surface area contributed by atoms with Crippen molar-refractivity contribution in [3.63, 3.8) is 0 Å². The van der Waals surface area contributed by atoms with Gasteiger partial charge in [-0.15, -0.1) is 0 Å². The molecule has 52 valence electrons. The van der Waals surface area contributed by atoms with E-state index in [1.54, 1.807) is 11.3 Å². The SMILES string of the molecule is NC(=O)O.[H-].[Na+].c1ccsc1. The maximum absolute atomic E-state index is 8.78. The molecule has 0 saturated heterocycles. The van der Waals surface area contributed by atoms with E-state index in [0.29, 0.717) is 0 Å². The van der Waals surface area contributed by atoms with Crippen molar-refractivity contribution in [2.24, 2.45) is 5.73 Å². The average Bonchev–Trinajstić information content (AvgIpc) is 2.11. The fourth-order valence-electron chi connectivity index (χ4n) is 0.227. The summed E-state index contributed by atoms with van der Waals surface area (Å²) in [4.78, 5) is 8.78. The monoisotopic (exact) mass is 169 g/mol. The Bertz CT molecular complexity index is 138. The number of thiophene rings is 1. The Balaban J connectivity index is -0.000000101. The summed E-state index contributed by atoms with van der Waals surface area (Å²) in [5.41, 5.74) is 4.03. The third-order valence-corrected chi connectivity index (χ3v) is 1.05. The molecule has 5 heteroatoms. The van der Waals surface area contributed by atoms with E-state index in [1.165, 1.54) is 0 Å². The van der Waals surface area contributed by atoms with Gasteiger partial charge in [0.1, 0.15) is 0 Å². The van der Waals surface area contributed by atoms with Gasteiger partial charge in [0.2, 0.25) is 0 Å². The van der Waals surface area contributed by atoms with Gasteiger partial charge in [0, 0.05) is 0 Å². The van der Waals surface area contributed by atoms with Crippen LogP contribution in [0.15, 0.2) is 22.9 Å². The minimum absolute atomic E-state index is 0. The van der Waals surface area contributed by atoms with Crippen LogP contribution in [0.2, 0.25) is 0 Å². The summed E-state index contributed by atoms with van der Waals surface area (Å²) in [6.45, 7) is 0. The molecular weight excluding hydrogens is 161 g/mol. The van der Waals surface area contributed by atoms with Gasteiger partial charge in [-0.2, -0.15) is 11.3 Å². The molecule has 0 unspecified atom stereocenters. The Morgan fingerprint density at radius 3 is 1.90 bits per heavy atom. The van der Waals surface area contributed by atoms with Crippen LogP contribution < -0.4 is 35.3 Å². The van der Waals surface area contributed by atoms with E-state index >= 15 is 0 Å². The van der Waals surface area contributed by atoms with Crippen molar-refractivity contribution in [1.29, 1.82) is 0 Å². The zero-order valence-corrected chi connectivity index (χ0v) is 8.47. The van der Waals surface area contributed by atoms with Crippen LogP contribution in [0.4, 0.5) is 4.79 Å². The molecule has 10 heavy (non-hydrogen) atoms. The van der Waals surface area contributed by atoms with Gasteiger partial charge in [-0.05, 0) is 10.8 Å². The molecule has 3 nitrogen and oxygen atoms in total. The first kappa shape index (κ1) is 12.6. The van der Waals surface area contributed by atoms with Crippen LogP contribution in [0.25, 0.3) is 0 Å². The molecule has 3 N–H and O–H groups in total. The first-order chi connectivity index (χ1) is 4.23. The largest absolute Gasteiger partial charge is 1.00 e. The van der Waals surface area contributed by atoms with Gasteiger partial charge >= 0.3 is 35.7 Å². The molecule has 0 fully saturated rings. The molecule has 0 atom stereocenters. The molecule has 0 aliphatic carbocycles. The van der Waals surface area contributed by atoms with Crippen molar-refractivity contribution in [1.82, 2.24) is 0 Å². The van der Waals surface area contributed by atoms with Crippen molar-refractivity contribution in [3.05, 3.63) is 22.9 Å². The predicted octanol–water partition coefficient (Wildman–Crippen LogP) is -1.51. The van der Waals surface area contributed by atoms with E-state index in [9.17, 15) is 0 Å². The molecule has 0 saturated carbocycles. The Morgan fingerprint density at radius 1 is 1.50 bits per heavy atom. The second-order valence-corrected chi connectivity index (χ2v) is 1.95. The van der Waals surface area contributed by atoms with Crippen LogP contribution in [0.3, 0.4) is 0 Å². The number of amides is 1. The van der Waals surface area contributed by atoms with Crippen molar-refractivity contribution >= 4 is 17.4 Å². The van der Waals surface area contributed by atoms with Gasteiger partial charge in [0.15, 0.2) is 0 Å². The summed E-state index contributed by atoms with van der Waals surface area (Å²) in [6, 6.07) is 4.04. The van der Waals surface area contributed by atoms with Crippen LogP contribution >= 0.6 is 11.3 Å². The summed E-state index contributed by atoms with van der Waals surface area (Å²) in [7, 11) is 0. The Hall–Kier alpha value is -0.0300. The Labute approximate surface area is 86.6 Å². The molecule has 0 aromatic carbocycles. The van der Waals surface area contributed by atoms with Gasteiger partial charge in [-0.25, -0.2) is 4.79 Å². The number of carbonyl (C=O) groups is 1. The van der Waals surface area contributed by atoms with Gasteiger partial charge in [-0.1, -0.05) is 12.1 Å². The minimum Gasteiger partial charge on any atom is -1.00 e. The molecule has 0 radical (unpaired) electrons. The smallest absolute Gasteiger partial charge is 1.00 e. The number of hydrogen-bond donors (Lipinski definition) is 2. The van der Waals surface area contributed by atoms with E-state index in [1.807, 2.05) is 22.9 Å². The van der Waals surface area contributed by atoms with Gasteiger partial charge in [0.25, 0.3) is 0 Å². The van der Waals surface area contributed by atoms with Crippen LogP contribution in [-0.2, 0) is 0 Å². The van der Waals surface area contributed by atoms with Crippen molar-refractivity contribution in [2.45, 2.75) is 0 Å². The third kappa shape index (κ3) is 15.7. The molecule has 0 bridgehead atoms. The summed E-state index contributed by atoms with van der Waals surface area (Å²) >= 11 is 1.71. The van der Waals surface area contributed by atoms with Gasteiger partial charge < -0.3 is 12.3 Å². The summed E-state index contributed by atoms with van der Waals surface area (Å²) in [5.74, 6) is 0. The van der Waals surface area contributed by atoms with Gasteiger partial charge in [0.05, 0.1) is 0 Å². The number of carboxylic acid groups (broad SMARTS) is 1. The van der Waals surface area contributed by atoms with Crippen LogP contribution in [0.1, 0.15) is 1.43 Å². The normalized spacial score (nSPS) is 6.40. The number of rotatable bonds is 0. The first-order valence-corrected chi connectivity index (χ1v) is 3.13. The second-order valence-electron chi connectivity index (χ2n) is 1.13. The summed E-state index contributed by atoms with van der Waals surface area (Å²) < 4.78 is 0. The van der Waals surface area contributed by atoms with Gasteiger partial charge in [-0.3, -0.25) is 0 Å². The molecular formula is C5H8NNaO2S. The molecule has 1 amide bonds. The fourth-order valence-corrected chi connectivity index (χ4v) is 0.680. The number of primary amides is 1. The van der Waals surface area contributed by atoms with Crippen LogP contribution in [0, 0.1) is 0 Å². The molecule has 1 aromatic rings.